The number of hydrogen-bond donors (Lipinski definition) is 1. The molecule has 0 fully saturated rings. The van der Waals surface area contributed by atoms with Gasteiger partial charge in [-0.05, 0) is 30.7 Å². The predicted molar refractivity (Wildman–Crippen MR) is 75.9 cm³/mol. The summed E-state index contributed by atoms with van der Waals surface area (Å²) < 4.78 is 12.9. The molecular weight excluding hydrogens is 279 g/mol. The Balaban J connectivity index is 2.31. The number of nitrogens with zero attached hydrogens (tertiary/aromatic N) is 1. The fraction of sp³-hybridized carbons (Fsp3) is 0.133. The van der Waals surface area contributed by atoms with Crippen LogP contribution < -0.4 is 5.32 Å². The second kappa shape index (κ2) is 6.48. The zero-order valence-corrected chi connectivity index (χ0v) is 11.6. The summed E-state index contributed by atoms with van der Waals surface area (Å²) in [5.74, 6) is -0.559. The van der Waals surface area contributed by atoms with E-state index in [0.717, 1.165) is 5.56 Å². The van der Waals surface area contributed by atoms with E-state index in [2.05, 4.69) is 10.3 Å². The summed E-state index contributed by atoms with van der Waals surface area (Å²) in [5, 5.41) is 3.00. The minimum atomic E-state index is -0.295. The van der Waals surface area contributed by atoms with E-state index in [0.29, 0.717) is 22.7 Å². The molecule has 0 bridgehead atoms. The molecule has 0 aliphatic heterocycles. The van der Waals surface area contributed by atoms with Crippen molar-refractivity contribution in [3.05, 3.63) is 70.7 Å². The third-order valence-electron chi connectivity index (χ3n) is 2.74. The number of pyridine rings is 1. The molecule has 0 aliphatic carbocycles. The summed E-state index contributed by atoms with van der Waals surface area (Å²) in [5.41, 5.74) is 1.89. The van der Waals surface area contributed by atoms with Crippen LogP contribution in [0.1, 0.15) is 28.5 Å². The van der Waals surface area contributed by atoms with E-state index in [9.17, 15) is 9.18 Å². The highest BCUT2D eigenvalue weighted by atomic mass is 35.5. The summed E-state index contributed by atoms with van der Waals surface area (Å²) in [6.45, 7) is 3.26. The highest BCUT2D eigenvalue weighted by Gasteiger charge is 2.13. The van der Waals surface area contributed by atoms with Crippen LogP contribution in [0.25, 0.3) is 0 Å². The maximum absolute atomic E-state index is 12.9. The Bertz CT molecular complexity index is 614. The Hall–Kier alpha value is -1.94. The molecule has 5 heteroatoms. The van der Waals surface area contributed by atoms with E-state index in [-0.39, 0.29) is 11.7 Å². The Morgan fingerprint density at radius 3 is 2.75 bits per heavy atom. The van der Waals surface area contributed by atoms with Crippen LogP contribution in [-0.2, 0) is 6.42 Å². The molecule has 0 aliphatic rings. The maximum atomic E-state index is 12.9. The lowest BCUT2D eigenvalue weighted by atomic mass is 10.0. The lowest BCUT2D eigenvalue weighted by Crippen LogP contribution is -2.21. The predicted octanol–water partition coefficient (Wildman–Crippen LogP) is 3.38. The summed E-state index contributed by atoms with van der Waals surface area (Å²) >= 11 is 5.88. The van der Waals surface area contributed by atoms with E-state index in [4.69, 9.17) is 11.6 Å². The average Bonchev–Trinajstić information content (AvgIpc) is 2.43. The van der Waals surface area contributed by atoms with Gasteiger partial charge in [-0.3, -0.25) is 9.78 Å². The van der Waals surface area contributed by atoms with Gasteiger partial charge in [-0.1, -0.05) is 23.7 Å². The van der Waals surface area contributed by atoms with Crippen molar-refractivity contribution in [2.24, 2.45) is 0 Å². The summed E-state index contributed by atoms with van der Waals surface area (Å²) in [7, 11) is 0. The Morgan fingerprint density at radius 1 is 1.40 bits per heavy atom. The van der Waals surface area contributed by atoms with Crippen molar-refractivity contribution in [1.82, 2.24) is 10.3 Å². The quantitative estimate of drug-likeness (QED) is 0.938. The number of carbonyl (C=O) groups excluding carboxylic acids is 1. The van der Waals surface area contributed by atoms with E-state index in [1.165, 1.54) is 18.3 Å². The normalized spacial score (nSPS) is 10.3. The molecule has 1 N–H and O–H groups in total. The number of benzene rings is 1. The maximum Gasteiger partial charge on any atom is 0.253 e. The number of rotatable bonds is 4. The fourth-order valence-electron chi connectivity index (χ4n) is 1.81. The zero-order valence-electron chi connectivity index (χ0n) is 10.9. The molecule has 1 aromatic heterocycles. The van der Waals surface area contributed by atoms with Crippen molar-refractivity contribution in [2.45, 2.75) is 13.3 Å². The number of carbonyl (C=O) groups is 1. The van der Waals surface area contributed by atoms with Crippen LogP contribution >= 0.6 is 11.6 Å². The van der Waals surface area contributed by atoms with Gasteiger partial charge < -0.3 is 5.32 Å². The number of nitrogens with one attached hydrogen (secondary N) is 1. The van der Waals surface area contributed by atoms with E-state index < -0.39 is 0 Å². The van der Waals surface area contributed by atoms with Gasteiger partial charge in [-0.2, -0.15) is 0 Å². The van der Waals surface area contributed by atoms with Crippen LogP contribution in [0, 0.1) is 12.4 Å². The molecule has 103 valence electrons. The first-order chi connectivity index (χ1) is 9.60. The SMILES string of the molecule is C[CH]NC(=O)c1cc(Cl)cnc1Cc1ccc(F)cc1. The molecule has 0 saturated heterocycles. The van der Waals surface area contributed by atoms with Crippen molar-refractivity contribution >= 4 is 17.5 Å². The second-order valence-corrected chi connectivity index (χ2v) is 4.65. The van der Waals surface area contributed by atoms with Crippen molar-refractivity contribution in [1.29, 1.82) is 0 Å². The van der Waals surface area contributed by atoms with Crippen LogP contribution in [0.2, 0.25) is 5.02 Å². The first kappa shape index (κ1) is 14.5. The second-order valence-electron chi connectivity index (χ2n) is 4.21. The van der Waals surface area contributed by atoms with Crippen LogP contribution in [-0.4, -0.2) is 10.9 Å². The number of halogens is 2. The van der Waals surface area contributed by atoms with Gasteiger partial charge >= 0.3 is 0 Å². The van der Waals surface area contributed by atoms with Gasteiger partial charge in [0.1, 0.15) is 5.82 Å². The van der Waals surface area contributed by atoms with Gasteiger partial charge in [0, 0.05) is 19.2 Å². The highest BCUT2D eigenvalue weighted by Crippen LogP contribution is 2.17. The molecule has 2 aromatic rings. The first-order valence-electron chi connectivity index (χ1n) is 6.07. The fourth-order valence-corrected chi connectivity index (χ4v) is 1.97. The molecule has 0 saturated carbocycles. The largest absolute Gasteiger partial charge is 0.347 e. The van der Waals surface area contributed by atoms with Gasteiger partial charge in [0.05, 0.1) is 16.3 Å². The molecule has 0 unspecified atom stereocenters. The molecule has 0 spiro atoms. The number of amides is 1. The Kier molecular flexibility index (Phi) is 4.69. The average molecular weight is 292 g/mol. The third kappa shape index (κ3) is 3.54. The highest BCUT2D eigenvalue weighted by molar-refractivity contribution is 6.30. The molecule has 1 heterocycles. The molecule has 1 amide bonds. The third-order valence-corrected chi connectivity index (χ3v) is 2.95. The zero-order chi connectivity index (χ0) is 14.5. The van der Waals surface area contributed by atoms with Gasteiger partial charge in [0.15, 0.2) is 0 Å². The first-order valence-corrected chi connectivity index (χ1v) is 6.45. The van der Waals surface area contributed by atoms with Crippen LogP contribution in [0.15, 0.2) is 36.5 Å². The Morgan fingerprint density at radius 2 is 2.10 bits per heavy atom. The van der Waals surface area contributed by atoms with Gasteiger partial charge in [-0.25, -0.2) is 4.39 Å². The van der Waals surface area contributed by atoms with E-state index in [1.54, 1.807) is 31.7 Å². The van der Waals surface area contributed by atoms with Gasteiger partial charge in [0.25, 0.3) is 5.91 Å². The van der Waals surface area contributed by atoms with Crippen molar-refractivity contribution in [3.8, 4) is 0 Å². The van der Waals surface area contributed by atoms with Gasteiger partial charge in [-0.15, -0.1) is 0 Å². The van der Waals surface area contributed by atoms with Crippen molar-refractivity contribution in [3.63, 3.8) is 0 Å². The lowest BCUT2D eigenvalue weighted by molar-refractivity contribution is 0.0963. The monoisotopic (exact) mass is 291 g/mol. The molecule has 3 nitrogen and oxygen atoms in total. The smallest absolute Gasteiger partial charge is 0.253 e. The molecule has 1 radical (unpaired) electrons. The van der Waals surface area contributed by atoms with E-state index >= 15 is 0 Å². The molecule has 20 heavy (non-hydrogen) atoms. The van der Waals surface area contributed by atoms with Crippen LogP contribution in [0.4, 0.5) is 4.39 Å². The van der Waals surface area contributed by atoms with Crippen molar-refractivity contribution < 1.29 is 9.18 Å². The minimum absolute atomic E-state index is 0.264. The minimum Gasteiger partial charge on any atom is -0.347 e. The Labute approximate surface area is 121 Å². The summed E-state index contributed by atoms with van der Waals surface area (Å²) in [6.07, 6.45) is 1.93. The molecular formula is C15H13ClFN2O. The van der Waals surface area contributed by atoms with Gasteiger partial charge in [0.2, 0.25) is 0 Å². The standard InChI is InChI=1S/C15H13ClFN2O/c1-2-18-15(20)13-8-11(16)9-19-14(13)7-10-3-5-12(17)6-4-10/h2-6,8-9H,7H2,1H3,(H,18,20). The van der Waals surface area contributed by atoms with Crippen molar-refractivity contribution in [2.75, 3.05) is 0 Å². The molecule has 2 rings (SSSR count). The van der Waals surface area contributed by atoms with Crippen LogP contribution in [0.3, 0.4) is 0 Å². The summed E-state index contributed by atoms with van der Waals surface area (Å²) in [6, 6.07) is 7.67. The van der Waals surface area contributed by atoms with Crippen LogP contribution in [0.5, 0.6) is 0 Å². The number of hydrogen-bond acceptors (Lipinski definition) is 2. The lowest BCUT2D eigenvalue weighted by Gasteiger charge is -2.09. The topological polar surface area (TPSA) is 42.0 Å². The number of aromatic nitrogens is 1. The molecule has 1 aromatic carbocycles. The molecule has 0 atom stereocenters. The summed E-state index contributed by atoms with van der Waals surface area (Å²) in [4.78, 5) is 16.2. The van der Waals surface area contributed by atoms with E-state index in [1.807, 2.05) is 0 Å².